The van der Waals surface area contributed by atoms with Crippen molar-refractivity contribution in [2.45, 2.75) is 26.8 Å². The van der Waals surface area contributed by atoms with Gasteiger partial charge in [0.25, 0.3) is 0 Å². The molecular formula is C16H29N3. The molecule has 0 aliphatic carbocycles. The molecule has 0 aliphatic heterocycles. The van der Waals surface area contributed by atoms with Gasteiger partial charge in [-0.3, -0.25) is 0 Å². The second-order valence-corrected chi connectivity index (χ2v) is 5.69. The molecule has 0 radical (unpaired) electrons. The van der Waals surface area contributed by atoms with Gasteiger partial charge in [0, 0.05) is 26.3 Å². The van der Waals surface area contributed by atoms with Gasteiger partial charge < -0.3 is 15.5 Å². The standard InChI is InChI=1S/C16H29N3/c1-14(2)12-17-9-6-10-18-13-15-7-5-8-16(11-15)19(3)4/h5,7-8,11,14,17-18H,6,9-10,12-13H2,1-4H3. The molecule has 0 spiro atoms. The summed E-state index contributed by atoms with van der Waals surface area (Å²) in [6.07, 6.45) is 1.18. The van der Waals surface area contributed by atoms with E-state index in [0.717, 1.165) is 32.1 Å². The topological polar surface area (TPSA) is 27.3 Å². The van der Waals surface area contributed by atoms with Crippen molar-refractivity contribution in [1.29, 1.82) is 0 Å². The fourth-order valence-corrected chi connectivity index (χ4v) is 1.91. The highest BCUT2D eigenvalue weighted by Gasteiger charge is 1.97. The SMILES string of the molecule is CC(C)CNCCCNCc1cccc(N(C)C)c1. The molecule has 1 aromatic rings. The Kier molecular flexibility index (Phi) is 7.53. The van der Waals surface area contributed by atoms with Gasteiger partial charge in [-0.05, 0) is 49.7 Å². The predicted octanol–water partition coefficient (Wildman–Crippen LogP) is 2.48. The summed E-state index contributed by atoms with van der Waals surface area (Å²) in [6, 6.07) is 8.68. The molecule has 0 fully saturated rings. The van der Waals surface area contributed by atoms with Gasteiger partial charge >= 0.3 is 0 Å². The maximum Gasteiger partial charge on any atom is 0.0364 e. The van der Waals surface area contributed by atoms with E-state index >= 15 is 0 Å². The molecule has 0 amide bonds. The Balaban J connectivity index is 2.14. The van der Waals surface area contributed by atoms with Crippen LogP contribution < -0.4 is 15.5 Å². The number of anilines is 1. The summed E-state index contributed by atoms with van der Waals surface area (Å²) in [7, 11) is 4.15. The third-order valence-corrected chi connectivity index (χ3v) is 3.02. The molecular weight excluding hydrogens is 234 g/mol. The molecule has 19 heavy (non-hydrogen) atoms. The molecule has 0 atom stereocenters. The van der Waals surface area contributed by atoms with Crippen molar-refractivity contribution in [2.75, 3.05) is 38.6 Å². The molecule has 0 bridgehead atoms. The lowest BCUT2D eigenvalue weighted by Crippen LogP contribution is -2.24. The van der Waals surface area contributed by atoms with Crippen molar-refractivity contribution in [3.05, 3.63) is 29.8 Å². The van der Waals surface area contributed by atoms with Crippen LogP contribution in [0.4, 0.5) is 5.69 Å². The first-order chi connectivity index (χ1) is 9.09. The quantitative estimate of drug-likeness (QED) is 0.670. The zero-order chi connectivity index (χ0) is 14.1. The van der Waals surface area contributed by atoms with Crippen molar-refractivity contribution >= 4 is 5.69 Å². The van der Waals surface area contributed by atoms with Crippen molar-refractivity contribution < 1.29 is 0 Å². The van der Waals surface area contributed by atoms with E-state index < -0.39 is 0 Å². The fraction of sp³-hybridized carbons (Fsp3) is 0.625. The molecule has 3 nitrogen and oxygen atoms in total. The van der Waals surface area contributed by atoms with E-state index in [4.69, 9.17) is 0 Å². The number of benzene rings is 1. The summed E-state index contributed by atoms with van der Waals surface area (Å²) < 4.78 is 0. The van der Waals surface area contributed by atoms with Crippen molar-refractivity contribution in [3.63, 3.8) is 0 Å². The maximum absolute atomic E-state index is 3.50. The predicted molar refractivity (Wildman–Crippen MR) is 84.8 cm³/mol. The van der Waals surface area contributed by atoms with Crippen LogP contribution >= 0.6 is 0 Å². The Morgan fingerprint density at radius 3 is 2.53 bits per heavy atom. The highest BCUT2D eigenvalue weighted by Crippen LogP contribution is 2.12. The summed E-state index contributed by atoms with van der Waals surface area (Å²) in [5.41, 5.74) is 2.61. The molecule has 108 valence electrons. The normalized spacial score (nSPS) is 11.0. The third-order valence-electron chi connectivity index (χ3n) is 3.02. The van der Waals surface area contributed by atoms with Crippen LogP contribution in [-0.2, 0) is 6.54 Å². The van der Waals surface area contributed by atoms with Crippen LogP contribution in [0, 0.1) is 5.92 Å². The first-order valence-electron chi connectivity index (χ1n) is 7.27. The van der Waals surface area contributed by atoms with Crippen molar-refractivity contribution in [2.24, 2.45) is 5.92 Å². The fourth-order valence-electron chi connectivity index (χ4n) is 1.91. The molecule has 0 heterocycles. The van der Waals surface area contributed by atoms with Crippen molar-refractivity contribution in [3.8, 4) is 0 Å². The Bertz CT molecular complexity index is 348. The molecule has 1 aromatic carbocycles. The van der Waals surface area contributed by atoms with E-state index in [1.54, 1.807) is 0 Å². The number of hydrogen-bond acceptors (Lipinski definition) is 3. The molecule has 1 rings (SSSR count). The zero-order valence-electron chi connectivity index (χ0n) is 12.9. The lowest BCUT2D eigenvalue weighted by molar-refractivity contribution is 0.530. The van der Waals surface area contributed by atoms with Crippen LogP contribution in [0.25, 0.3) is 0 Å². The largest absolute Gasteiger partial charge is 0.378 e. The van der Waals surface area contributed by atoms with E-state index in [2.05, 4.69) is 67.7 Å². The number of hydrogen-bond donors (Lipinski definition) is 2. The third kappa shape index (κ3) is 7.19. The smallest absolute Gasteiger partial charge is 0.0364 e. The van der Waals surface area contributed by atoms with E-state index in [1.165, 1.54) is 17.7 Å². The van der Waals surface area contributed by atoms with Gasteiger partial charge in [-0.25, -0.2) is 0 Å². The zero-order valence-corrected chi connectivity index (χ0v) is 12.9. The minimum Gasteiger partial charge on any atom is -0.378 e. The van der Waals surface area contributed by atoms with Crippen LogP contribution in [-0.4, -0.2) is 33.7 Å². The Hall–Kier alpha value is -1.06. The Labute approximate surface area is 118 Å². The second-order valence-electron chi connectivity index (χ2n) is 5.69. The summed E-state index contributed by atoms with van der Waals surface area (Å²) in [5, 5.41) is 6.96. The van der Waals surface area contributed by atoms with E-state index in [-0.39, 0.29) is 0 Å². The summed E-state index contributed by atoms with van der Waals surface area (Å²) in [5.74, 6) is 0.738. The molecule has 0 saturated carbocycles. The molecule has 0 unspecified atom stereocenters. The monoisotopic (exact) mass is 263 g/mol. The maximum atomic E-state index is 3.50. The van der Waals surface area contributed by atoms with Crippen LogP contribution in [0.2, 0.25) is 0 Å². The summed E-state index contributed by atoms with van der Waals surface area (Å²) in [4.78, 5) is 2.14. The number of rotatable bonds is 9. The lowest BCUT2D eigenvalue weighted by Gasteiger charge is -2.14. The van der Waals surface area contributed by atoms with Crippen LogP contribution in [0.5, 0.6) is 0 Å². The minimum atomic E-state index is 0.738. The number of nitrogens with zero attached hydrogens (tertiary/aromatic N) is 1. The second kappa shape index (κ2) is 8.94. The van der Waals surface area contributed by atoms with Crippen molar-refractivity contribution in [1.82, 2.24) is 10.6 Å². The van der Waals surface area contributed by atoms with Crippen LogP contribution in [0.15, 0.2) is 24.3 Å². The Morgan fingerprint density at radius 1 is 1.11 bits per heavy atom. The van der Waals surface area contributed by atoms with Gasteiger partial charge in [0.05, 0.1) is 0 Å². The highest BCUT2D eigenvalue weighted by molar-refractivity contribution is 5.47. The summed E-state index contributed by atoms with van der Waals surface area (Å²) >= 11 is 0. The molecule has 0 aliphatic rings. The van der Waals surface area contributed by atoms with Crippen LogP contribution in [0.3, 0.4) is 0 Å². The molecule has 0 saturated heterocycles. The van der Waals surface area contributed by atoms with Gasteiger partial charge in [0.15, 0.2) is 0 Å². The van der Waals surface area contributed by atoms with E-state index in [0.29, 0.717) is 0 Å². The van der Waals surface area contributed by atoms with E-state index in [9.17, 15) is 0 Å². The Morgan fingerprint density at radius 2 is 1.84 bits per heavy atom. The molecule has 0 aromatic heterocycles. The van der Waals surface area contributed by atoms with Gasteiger partial charge in [-0.1, -0.05) is 26.0 Å². The van der Waals surface area contributed by atoms with E-state index in [1.807, 2.05) is 0 Å². The average Bonchev–Trinajstić information content (AvgIpc) is 2.37. The van der Waals surface area contributed by atoms with Gasteiger partial charge in [0.2, 0.25) is 0 Å². The van der Waals surface area contributed by atoms with Crippen LogP contribution in [0.1, 0.15) is 25.8 Å². The lowest BCUT2D eigenvalue weighted by atomic mass is 10.2. The molecule has 3 heteroatoms. The minimum absolute atomic E-state index is 0.738. The highest BCUT2D eigenvalue weighted by atomic mass is 15.1. The van der Waals surface area contributed by atoms with Gasteiger partial charge in [-0.15, -0.1) is 0 Å². The first kappa shape index (κ1) is 16.0. The molecule has 2 N–H and O–H groups in total. The number of nitrogens with one attached hydrogen (secondary N) is 2. The van der Waals surface area contributed by atoms with Gasteiger partial charge in [-0.2, -0.15) is 0 Å². The first-order valence-corrected chi connectivity index (χ1v) is 7.27. The average molecular weight is 263 g/mol. The van der Waals surface area contributed by atoms with Gasteiger partial charge in [0.1, 0.15) is 0 Å². The summed E-state index contributed by atoms with van der Waals surface area (Å²) in [6.45, 7) is 8.71.